The molecule has 0 saturated heterocycles. The van der Waals surface area contributed by atoms with E-state index in [0.717, 1.165) is 51.4 Å². The van der Waals surface area contributed by atoms with E-state index in [2.05, 4.69) is 46.0 Å². The van der Waals surface area contributed by atoms with Gasteiger partial charge in [-0.2, -0.15) is 0 Å². The highest BCUT2D eigenvalue weighted by Gasteiger charge is 2.72. The highest BCUT2D eigenvalue weighted by molar-refractivity contribution is 5.84. The van der Waals surface area contributed by atoms with E-state index in [9.17, 15) is 24.6 Å². The fraction of sp³-hybridized carbons (Fsp3) is 0.872. The number of aliphatic hydroxyl groups excluding tert-OH is 1. The molecular formula is C39H63NO7. The minimum absolute atomic E-state index is 0.0283. The number of allylic oxidation sites excluding steroid dienone is 1. The highest BCUT2D eigenvalue weighted by Crippen LogP contribution is 2.76. The van der Waals surface area contributed by atoms with Crippen LogP contribution in [0.15, 0.2) is 11.6 Å². The molecular weight excluding hydrogens is 594 g/mol. The van der Waals surface area contributed by atoms with Crippen molar-refractivity contribution in [2.75, 3.05) is 13.2 Å². The molecule has 0 aliphatic heterocycles. The van der Waals surface area contributed by atoms with Crippen LogP contribution in [0.1, 0.15) is 133 Å². The van der Waals surface area contributed by atoms with Crippen molar-refractivity contribution in [3.05, 3.63) is 11.6 Å². The van der Waals surface area contributed by atoms with Crippen LogP contribution in [0.5, 0.6) is 0 Å². The molecule has 0 aromatic rings. The average Bonchev–Trinajstić information content (AvgIpc) is 3.03. The maximum Gasteiger partial charge on any atom is 0.305 e. The maximum absolute atomic E-state index is 14.2. The van der Waals surface area contributed by atoms with E-state index in [4.69, 9.17) is 9.47 Å². The molecule has 3 N–H and O–H groups in total. The molecule has 0 heterocycles. The van der Waals surface area contributed by atoms with Gasteiger partial charge in [-0.1, -0.05) is 60.1 Å². The molecule has 0 aromatic heterocycles. The lowest BCUT2D eigenvalue weighted by Crippen LogP contribution is -2.69. The smallest absolute Gasteiger partial charge is 0.305 e. The number of nitrogens with one attached hydrogen (secondary N) is 1. The lowest BCUT2D eigenvalue weighted by Gasteiger charge is -2.72. The van der Waals surface area contributed by atoms with E-state index in [1.54, 1.807) is 0 Å². The van der Waals surface area contributed by atoms with Crippen molar-refractivity contribution in [2.45, 2.75) is 151 Å². The van der Waals surface area contributed by atoms with Gasteiger partial charge in [-0.15, -0.1) is 0 Å². The van der Waals surface area contributed by atoms with Gasteiger partial charge >= 0.3 is 11.9 Å². The van der Waals surface area contributed by atoms with Gasteiger partial charge in [-0.25, -0.2) is 0 Å². The van der Waals surface area contributed by atoms with E-state index in [1.807, 2.05) is 27.7 Å². The SMILES string of the molecule is CCC(=O)OC[C@@]1(C)C2CC[C@]3(C)C(CC=C4C5[C@](C(=O)NC(C)CO)(CC[C@@H](C)[C@@]5(C)O)CC[C@]43C)[C@@]2(C)CC[C@@H]1OC(=O)CC. The van der Waals surface area contributed by atoms with Crippen LogP contribution in [0, 0.1) is 50.7 Å². The van der Waals surface area contributed by atoms with E-state index < -0.39 is 16.4 Å². The first-order valence-corrected chi connectivity index (χ1v) is 18.6. The van der Waals surface area contributed by atoms with Crippen molar-refractivity contribution in [1.82, 2.24) is 5.32 Å². The Labute approximate surface area is 283 Å². The monoisotopic (exact) mass is 657 g/mol. The Hall–Kier alpha value is -1.93. The van der Waals surface area contributed by atoms with Crippen molar-refractivity contribution in [1.29, 1.82) is 0 Å². The lowest BCUT2D eigenvalue weighted by atomic mass is 9.33. The zero-order valence-electron chi connectivity index (χ0n) is 30.7. The summed E-state index contributed by atoms with van der Waals surface area (Å²) in [4.78, 5) is 39.3. The second-order valence-electron chi connectivity index (χ2n) is 17.5. The standard InChI is InChI=1S/C39H63NO7/c1-10-30(42)46-23-35(6)27-15-18-37(8)28(34(27,5)17-16-29(35)47-31(43)11-2)13-12-26-32-38(9,45)24(3)14-19-39(32,21-20-36(26,37)7)33(44)40-25(4)22-41/h12,24-25,27-29,32,41,45H,10-11,13-23H2,1-9H3,(H,40,44)/t24-,25?,27?,28?,29+,32?,34+,35+,36-,37-,38-,39+/m1/s1. The van der Waals surface area contributed by atoms with Crippen LogP contribution in [0.4, 0.5) is 0 Å². The van der Waals surface area contributed by atoms with Gasteiger partial charge in [0.1, 0.15) is 12.7 Å². The van der Waals surface area contributed by atoms with Gasteiger partial charge in [0.2, 0.25) is 5.91 Å². The third kappa shape index (κ3) is 5.32. The third-order valence-corrected chi connectivity index (χ3v) is 15.3. The van der Waals surface area contributed by atoms with Gasteiger partial charge in [0, 0.05) is 30.2 Å². The summed E-state index contributed by atoms with van der Waals surface area (Å²) in [6.07, 6.45) is 10.3. The fourth-order valence-electron chi connectivity index (χ4n) is 12.1. The molecule has 0 aromatic carbocycles. The molecule has 4 unspecified atom stereocenters. The number of carbonyl (C=O) groups is 3. The first-order chi connectivity index (χ1) is 21.9. The summed E-state index contributed by atoms with van der Waals surface area (Å²) in [5.41, 5.74) is -1.35. The summed E-state index contributed by atoms with van der Waals surface area (Å²) in [7, 11) is 0. The number of carbonyl (C=O) groups excluding carboxylic acids is 3. The van der Waals surface area contributed by atoms with Crippen LogP contribution in [0.3, 0.4) is 0 Å². The molecule has 266 valence electrons. The Balaban J connectivity index is 1.57. The Morgan fingerprint density at radius 2 is 1.62 bits per heavy atom. The largest absolute Gasteiger partial charge is 0.465 e. The number of hydrogen-bond donors (Lipinski definition) is 3. The summed E-state index contributed by atoms with van der Waals surface area (Å²) in [5.74, 6) is -0.164. The molecule has 47 heavy (non-hydrogen) atoms. The number of hydrogen-bond acceptors (Lipinski definition) is 7. The number of rotatable bonds is 8. The van der Waals surface area contributed by atoms with Gasteiger partial charge in [0.25, 0.3) is 0 Å². The van der Waals surface area contributed by atoms with Crippen LogP contribution in [-0.2, 0) is 23.9 Å². The molecule has 5 aliphatic rings. The Kier molecular flexibility index (Phi) is 9.62. The van der Waals surface area contributed by atoms with E-state index in [-0.39, 0.29) is 77.2 Å². The third-order valence-electron chi connectivity index (χ3n) is 15.3. The van der Waals surface area contributed by atoms with Crippen LogP contribution >= 0.6 is 0 Å². The van der Waals surface area contributed by atoms with Gasteiger partial charge in [-0.05, 0) is 106 Å². The Bertz CT molecular complexity index is 1280. The maximum atomic E-state index is 14.2. The summed E-state index contributed by atoms with van der Waals surface area (Å²) >= 11 is 0. The highest BCUT2D eigenvalue weighted by atomic mass is 16.6. The minimum atomic E-state index is -1.04. The summed E-state index contributed by atoms with van der Waals surface area (Å²) in [6.45, 7) is 19.2. The van der Waals surface area contributed by atoms with Crippen molar-refractivity contribution in [3.63, 3.8) is 0 Å². The summed E-state index contributed by atoms with van der Waals surface area (Å²) < 4.78 is 12.0. The van der Waals surface area contributed by atoms with Crippen LogP contribution in [0.25, 0.3) is 0 Å². The number of fused-ring (bicyclic) bond motifs is 7. The van der Waals surface area contributed by atoms with E-state index >= 15 is 0 Å². The minimum Gasteiger partial charge on any atom is -0.465 e. The van der Waals surface area contributed by atoms with Gasteiger partial charge in [0.15, 0.2) is 0 Å². The molecule has 0 radical (unpaired) electrons. The zero-order valence-corrected chi connectivity index (χ0v) is 30.7. The lowest BCUT2D eigenvalue weighted by molar-refractivity contribution is -0.231. The Morgan fingerprint density at radius 1 is 0.936 bits per heavy atom. The zero-order chi connectivity index (χ0) is 34.8. The van der Waals surface area contributed by atoms with Crippen molar-refractivity contribution < 1.29 is 34.1 Å². The number of aliphatic hydroxyl groups is 2. The molecule has 0 bridgehead atoms. The van der Waals surface area contributed by atoms with Crippen LogP contribution in [0.2, 0.25) is 0 Å². The van der Waals surface area contributed by atoms with Crippen LogP contribution in [-0.4, -0.2) is 59.0 Å². The van der Waals surface area contributed by atoms with Crippen LogP contribution < -0.4 is 5.32 Å². The molecule has 5 aliphatic carbocycles. The molecule has 8 nitrogen and oxygen atoms in total. The molecule has 12 atom stereocenters. The average molecular weight is 658 g/mol. The molecule has 0 spiro atoms. The molecule has 1 amide bonds. The quantitative estimate of drug-likeness (QED) is 0.201. The van der Waals surface area contributed by atoms with E-state index in [0.29, 0.717) is 25.2 Å². The molecule has 4 saturated carbocycles. The topological polar surface area (TPSA) is 122 Å². The number of amides is 1. The summed E-state index contributed by atoms with van der Waals surface area (Å²) in [6, 6.07) is -0.342. The summed E-state index contributed by atoms with van der Waals surface area (Å²) in [5, 5.41) is 25.3. The molecule has 5 rings (SSSR count). The second-order valence-corrected chi connectivity index (χ2v) is 17.5. The molecule has 8 heteroatoms. The predicted octanol–water partition coefficient (Wildman–Crippen LogP) is 6.51. The van der Waals surface area contributed by atoms with Gasteiger partial charge in [-0.3, -0.25) is 14.4 Å². The predicted molar refractivity (Wildman–Crippen MR) is 181 cm³/mol. The first kappa shape index (κ1) is 36.4. The first-order valence-electron chi connectivity index (χ1n) is 18.6. The van der Waals surface area contributed by atoms with Gasteiger partial charge < -0.3 is 25.0 Å². The Morgan fingerprint density at radius 3 is 2.26 bits per heavy atom. The van der Waals surface area contributed by atoms with Crippen molar-refractivity contribution >= 4 is 17.8 Å². The van der Waals surface area contributed by atoms with Crippen molar-refractivity contribution in [3.8, 4) is 0 Å². The normalized spacial score (nSPS) is 46.4. The number of esters is 2. The van der Waals surface area contributed by atoms with Gasteiger partial charge in [0.05, 0.1) is 17.6 Å². The second kappa shape index (κ2) is 12.4. The fourth-order valence-corrected chi connectivity index (χ4v) is 12.1. The van der Waals surface area contributed by atoms with Crippen molar-refractivity contribution in [2.24, 2.45) is 50.7 Å². The number of ether oxygens (including phenoxy) is 2. The van der Waals surface area contributed by atoms with E-state index in [1.165, 1.54) is 5.57 Å². The molecule has 4 fully saturated rings.